The smallest absolute Gasteiger partial charge is 0.152 e. The first-order valence-corrected chi connectivity index (χ1v) is 6.99. The van der Waals surface area contributed by atoms with Crippen molar-refractivity contribution in [3.8, 4) is 0 Å². The molecule has 1 heterocycles. The van der Waals surface area contributed by atoms with Crippen LogP contribution in [-0.4, -0.2) is 43.0 Å². The van der Waals surface area contributed by atoms with E-state index in [9.17, 15) is 4.79 Å². The molecule has 3 nitrogen and oxygen atoms in total. The fourth-order valence-electron chi connectivity index (χ4n) is 2.20. The highest BCUT2D eigenvalue weighted by molar-refractivity contribution is 5.83. The van der Waals surface area contributed by atoms with Crippen LogP contribution >= 0.6 is 0 Å². The maximum Gasteiger partial charge on any atom is 0.152 e. The van der Waals surface area contributed by atoms with Crippen LogP contribution in [0.2, 0.25) is 0 Å². The zero-order chi connectivity index (χ0) is 12.7. The molecule has 0 saturated carbocycles. The van der Waals surface area contributed by atoms with Crippen LogP contribution in [0.4, 0.5) is 0 Å². The van der Waals surface area contributed by atoms with Crippen LogP contribution in [0, 0.1) is 5.92 Å². The standard InChI is InChI=1S/C14H27NO2/c1-4-5-6-8-15(12(2)3)10-14(16)13-7-9-17-11-13/h12-13H,4-11H2,1-3H3. The molecule has 0 bridgehead atoms. The third kappa shape index (κ3) is 5.17. The molecular weight excluding hydrogens is 214 g/mol. The highest BCUT2D eigenvalue weighted by Gasteiger charge is 2.25. The molecule has 0 aromatic heterocycles. The molecule has 0 amide bonds. The summed E-state index contributed by atoms with van der Waals surface area (Å²) in [5.74, 6) is 0.523. The molecule has 100 valence electrons. The number of unbranched alkanes of at least 4 members (excludes halogenated alkanes) is 2. The first kappa shape index (κ1) is 14.7. The number of hydrogen-bond acceptors (Lipinski definition) is 3. The van der Waals surface area contributed by atoms with Gasteiger partial charge in [0.2, 0.25) is 0 Å². The first-order chi connectivity index (χ1) is 8.15. The second-order valence-corrected chi connectivity index (χ2v) is 5.30. The molecule has 0 aromatic carbocycles. The molecule has 1 atom stereocenters. The molecule has 1 aliphatic heterocycles. The number of Topliss-reactive ketones (excluding diaryl/α,β-unsaturated/α-hetero) is 1. The lowest BCUT2D eigenvalue weighted by atomic mass is 10.0. The minimum atomic E-state index is 0.155. The van der Waals surface area contributed by atoms with Crippen LogP contribution in [0.15, 0.2) is 0 Å². The van der Waals surface area contributed by atoms with Gasteiger partial charge in [-0.3, -0.25) is 9.69 Å². The molecule has 0 spiro atoms. The predicted octanol–water partition coefficient (Wildman–Crippen LogP) is 2.49. The normalized spacial score (nSPS) is 20.4. The molecule has 0 aromatic rings. The van der Waals surface area contributed by atoms with Gasteiger partial charge in [0.05, 0.1) is 13.2 Å². The second-order valence-electron chi connectivity index (χ2n) is 5.30. The summed E-state index contributed by atoms with van der Waals surface area (Å²) >= 11 is 0. The molecule has 0 N–H and O–H groups in total. The predicted molar refractivity (Wildman–Crippen MR) is 70.2 cm³/mol. The van der Waals surface area contributed by atoms with Crippen molar-refractivity contribution in [2.45, 2.75) is 52.5 Å². The first-order valence-electron chi connectivity index (χ1n) is 6.99. The van der Waals surface area contributed by atoms with Crippen molar-refractivity contribution in [3.63, 3.8) is 0 Å². The van der Waals surface area contributed by atoms with Crippen LogP contribution in [0.1, 0.15) is 46.5 Å². The third-order valence-corrected chi connectivity index (χ3v) is 3.52. The average Bonchev–Trinajstić information content (AvgIpc) is 2.81. The van der Waals surface area contributed by atoms with Gasteiger partial charge in [0.25, 0.3) is 0 Å². The van der Waals surface area contributed by atoms with Crippen LogP contribution in [0.3, 0.4) is 0 Å². The van der Waals surface area contributed by atoms with Crippen molar-refractivity contribution in [3.05, 3.63) is 0 Å². The van der Waals surface area contributed by atoms with Gasteiger partial charge in [-0.05, 0) is 33.2 Å². The largest absolute Gasteiger partial charge is 0.381 e. The number of rotatable bonds is 8. The van der Waals surface area contributed by atoms with Crippen molar-refractivity contribution in [1.29, 1.82) is 0 Å². The summed E-state index contributed by atoms with van der Waals surface area (Å²) in [6.45, 7) is 9.60. The molecule has 1 aliphatic rings. The summed E-state index contributed by atoms with van der Waals surface area (Å²) in [6, 6.07) is 0.457. The SMILES string of the molecule is CCCCCN(CC(=O)C1CCOC1)C(C)C. The maximum atomic E-state index is 12.1. The summed E-state index contributed by atoms with van der Waals surface area (Å²) in [5.41, 5.74) is 0. The molecular formula is C14H27NO2. The lowest BCUT2D eigenvalue weighted by Crippen LogP contribution is -2.38. The van der Waals surface area contributed by atoms with E-state index in [0.717, 1.165) is 19.6 Å². The quantitative estimate of drug-likeness (QED) is 0.611. The van der Waals surface area contributed by atoms with Gasteiger partial charge >= 0.3 is 0 Å². The zero-order valence-corrected chi connectivity index (χ0v) is 11.6. The molecule has 0 radical (unpaired) electrons. The van der Waals surface area contributed by atoms with Gasteiger partial charge in [0.1, 0.15) is 0 Å². The summed E-state index contributed by atoms with van der Waals surface area (Å²) < 4.78 is 5.28. The van der Waals surface area contributed by atoms with Gasteiger partial charge in [0, 0.05) is 18.6 Å². The number of nitrogens with zero attached hydrogens (tertiary/aromatic N) is 1. The van der Waals surface area contributed by atoms with Gasteiger partial charge in [-0.15, -0.1) is 0 Å². The van der Waals surface area contributed by atoms with Gasteiger partial charge in [0.15, 0.2) is 5.78 Å². The van der Waals surface area contributed by atoms with Crippen LogP contribution in [0.5, 0.6) is 0 Å². The minimum Gasteiger partial charge on any atom is -0.381 e. The Hall–Kier alpha value is -0.410. The number of ether oxygens (including phenoxy) is 1. The Morgan fingerprint density at radius 2 is 2.18 bits per heavy atom. The topological polar surface area (TPSA) is 29.5 Å². The van der Waals surface area contributed by atoms with Gasteiger partial charge < -0.3 is 4.74 Å². The van der Waals surface area contributed by atoms with E-state index < -0.39 is 0 Å². The lowest BCUT2D eigenvalue weighted by Gasteiger charge is -2.26. The average molecular weight is 241 g/mol. The Kier molecular flexibility index (Phi) is 6.75. The van der Waals surface area contributed by atoms with Crippen molar-refractivity contribution in [2.24, 2.45) is 5.92 Å². The van der Waals surface area contributed by atoms with E-state index in [1.807, 2.05) is 0 Å². The van der Waals surface area contributed by atoms with E-state index in [-0.39, 0.29) is 5.92 Å². The lowest BCUT2D eigenvalue weighted by molar-refractivity contribution is -0.124. The number of carbonyl (C=O) groups is 1. The molecule has 1 rings (SSSR count). The highest BCUT2D eigenvalue weighted by atomic mass is 16.5. The summed E-state index contributed by atoms with van der Waals surface area (Å²) in [7, 11) is 0. The number of carbonyl (C=O) groups excluding carboxylic acids is 1. The molecule has 0 aliphatic carbocycles. The van der Waals surface area contributed by atoms with Gasteiger partial charge in [-0.2, -0.15) is 0 Å². The van der Waals surface area contributed by atoms with Crippen LogP contribution in [-0.2, 0) is 9.53 Å². The van der Waals surface area contributed by atoms with Gasteiger partial charge in [-0.25, -0.2) is 0 Å². The molecule has 1 unspecified atom stereocenters. The van der Waals surface area contributed by atoms with E-state index in [0.29, 0.717) is 25.0 Å². The van der Waals surface area contributed by atoms with E-state index >= 15 is 0 Å². The van der Waals surface area contributed by atoms with E-state index in [1.54, 1.807) is 0 Å². The zero-order valence-electron chi connectivity index (χ0n) is 11.6. The van der Waals surface area contributed by atoms with Crippen molar-refractivity contribution >= 4 is 5.78 Å². The molecule has 1 saturated heterocycles. The van der Waals surface area contributed by atoms with Crippen molar-refractivity contribution in [2.75, 3.05) is 26.3 Å². The van der Waals surface area contributed by atoms with Crippen LogP contribution < -0.4 is 0 Å². The molecule has 17 heavy (non-hydrogen) atoms. The van der Waals surface area contributed by atoms with E-state index in [2.05, 4.69) is 25.7 Å². The Morgan fingerprint density at radius 1 is 1.41 bits per heavy atom. The monoisotopic (exact) mass is 241 g/mol. The van der Waals surface area contributed by atoms with Gasteiger partial charge in [-0.1, -0.05) is 19.8 Å². The Morgan fingerprint density at radius 3 is 2.71 bits per heavy atom. The maximum absolute atomic E-state index is 12.1. The third-order valence-electron chi connectivity index (χ3n) is 3.52. The Balaban J connectivity index is 2.34. The molecule has 1 fully saturated rings. The summed E-state index contributed by atoms with van der Waals surface area (Å²) in [6.07, 6.45) is 4.60. The van der Waals surface area contributed by atoms with E-state index in [4.69, 9.17) is 4.74 Å². The van der Waals surface area contributed by atoms with Crippen molar-refractivity contribution < 1.29 is 9.53 Å². The summed E-state index contributed by atoms with van der Waals surface area (Å²) in [5, 5.41) is 0. The second kappa shape index (κ2) is 7.83. The minimum absolute atomic E-state index is 0.155. The Bertz CT molecular complexity index is 222. The van der Waals surface area contributed by atoms with Crippen LogP contribution in [0.25, 0.3) is 0 Å². The molecule has 3 heteroatoms. The highest BCUT2D eigenvalue weighted by Crippen LogP contribution is 2.15. The fraction of sp³-hybridized carbons (Fsp3) is 0.929. The Labute approximate surface area is 106 Å². The number of hydrogen-bond donors (Lipinski definition) is 0. The van der Waals surface area contributed by atoms with Crippen molar-refractivity contribution in [1.82, 2.24) is 4.90 Å². The number of ketones is 1. The fourth-order valence-corrected chi connectivity index (χ4v) is 2.20. The van der Waals surface area contributed by atoms with E-state index in [1.165, 1.54) is 19.3 Å². The summed E-state index contributed by atoms with van der Waals surface area (Å²) in [4.78, 5) is 14.4.